The summed E-state index contributed by atoms with van der Waals surface area (Å²) in [5, 5.41) is 11.1. The van der Waals surface area contributed by atoms with Crippen LogP contribution in [0, 0.1) is 6.07 Å². The normalized spacial score (nSPS) is 12.4. The molecule has 0 fully saturated rings. The van der Waals surface area contributed by atoms with Gasteiger partial charge < -0.3 is 14.9 Å². The van der Waals surface area contributed by atoms with E-state index in [0.717, 1.165) is 45.3 Å². The monoisotopic (exact) mass is 687 g/mol. The summed E-state index contributed by atoms with van der Waals surface area (Å²) in [6, 6.07) is 37.4. The fourth-order valence-corrected chi connectivity index (χ4v) is 5.15. The van der Waals surface area contributed by atoms with Crippen LogP contribution in [-0.2, 0) is 21.1 Å². The van der Waals surface area contributed by atoms with E-state index in [1.54, 1.807) is 12.3 Å². The molecule has 0 radical (unpaired) electrons. The van der Waals surface area contributed by atoms with Crippen molar-refractivity contribution in [1.29, 1.82) is 0 Å². The standard InChI is InChI=1S/C33H23N4O.Pt/c1-36-27-13-5-6-14-28(27)37(31-16-7-8-19-34-31)29-21-24(20-25(33(29)36)22-10-3-2-4-11-22)26-18-17-23-12-9-15-30(38)32(23)35-26;/h2-20,38H,1H3;/q-1;/i12D;. The van der Waals surface area contributed by atoms with Crippen molar-refractivity contribution in [2.24, 2.45) is 0 Å². The molecule has 2 aromatic heterocycles. The summed E-state index contributed by atoms with van der Waals surface area (Å²) >= 11 is 0. The zero-order chi connectivity index (χ0) is 26.5. The Bertz CT molecular complexity index is 1860. The molecule has 1 N–H and O–H groups in total. The van der Waals surface area contributed by atoms with E-state index in [1.165, 1.54) is 6.07 Å². The van der Waals surface area contributed by atoms with Crippen molar-refractivity contribution in [1.82, 2.24) is 9.97 Å². The van der Waals surface area contributed by atoms with E-state index in [0.29, 0.717) is 22.6 Å². The third-order valence-corrected chi connectivity index (χ3v) is 6.92. The molecule has 0 unspecified atom stereocenters. The molecule has 1 aliphatic rings. The number of hydrogen-bond acceptors (Lipinski definition) is 5. The Morgan fingerprint density at radius 1 is 0.846 bits per heavy atom. The molecule has 5 nitrogen and oxygen atoms in total. The van der Waals surface area contributed by atoms with Crippen LogP contribution in [0.15, 0.2) is 115 Å². The Balaban J connectivity index is 0.00000289. The number of hydrogen-bond donors (Lipinski definition) is 1. The van der Waals surface area contributed by atoms with Gasteiger partial charge in [-0.15, -0.1) is 17.7 Å². The molecule has 0 aliphatic carbocycles. The molecule has 4 aromatic carbocycles. The van der Waals surface area contributed by atoms with Gasteiger partial charge in [0, 0.05) is 39.7 Å². The van der Waals surface area contributed by atoms with Gasteiger partial charge in [0.1, 0.15) is 17.1 Å². The fraction of sp³-hybridized carbons (Fsp3) is 0.0303. The average Bonchev–Trinajstić information content (AvgIpc) is 2.99. The van der Waals surface area contributed by atoms with Crippen LogP contribution in [0.2, 0.25) is 0 Å². The van der Waals surface area contributed by atoms with Gasteiger partial charge in [0.15, 0.2) is 0 Å². The number of rotatable bonds is 3. The number of nitrogens with zero attached hydrogens (tertiary/aromatic N) is 4. The Labute approximate surface area is 242 Å². The van der Waals surface area contributed by atoms with E-state index in [4.69, 9.17) is 11.3 Å². The molecule has 39 heavy (non-hydrogen) atoms. The molecule has 3 heterocycles. The van der Waals surface area contributed by atoms with Crippen molar-refractivity contribution in [3.8, 4) is 28.1 Å². The second-order valence-electron chi connectivity index (χ2n) is 9.19. The average molecular weight is 688 g/mol. The van der Waals surface area contributed by atoms with Crippen LogP contribution in [0.5, 0.6) is 5.75 Å². The SMILES string of the molecule is [2H]c1ccc(O)c2nc(-c3[c-]c4c(c(-c5ccccc5)c3)N(C)c3ccccc3N4c3ccccn3)ccc12.[Pt]. The summed E-state index contributed by atoms with van der Waals surface area (Å²) in [6.07, 6.45) is 1.80. The van der Waals surface area contributed by atoms with E-state index in [2.05, 4.69) is 53.2 Å². The van der Waals surface area contributed by atoms with Crippen LogP contribution in [0.3, 0.4) is 0 Å². The third kappa shape index (κ3) is 4.16. The number of phenolic OH excluding ortho intramolecular Hbond substituents is 1. The Hall–Kier alpha value is -4.47. The maximum absolute atomic E-state index is 10.5. The number of para-hydroxylation sites is 3. The number of fused-ring (bicyclic) bond motifs is 3. The van der Waals surface area contributed by atoms with E-state index in [-0.39, 0.29) is 26.8 Å². The van der Waals surface area contributed by atoms with Crippen molar-refractivity contribution in [3.05, 3.63) is 121 Å². The summed E-state index contributed by atoms with van der Waals surface area (Å²) in [4.78, 5) is 13.9. The molecule has 0 amide bonds. The first kappa shape index (κ1) is 23.6. The number of aromatic hydroxyl groups is 1. The number of phenols is 1. The first-order chi connectivity index (χ1) is 19.1. The second-order valence-corrected chi connectivity index (χ2v) is 9.19. The summed E-state index contributed by atoms with van der Waals surface area (Å²) < 4.78 is 8.24. The second kappa shape index (κ2) is 10.0. The topological polar surface area (TPSA) is 52.5 Å². The first-order valence-electron chi connectivity index (χ1n) is 12.9. The van der Waals surface area contributed by atoms with E-state index >= 15 is 0 Å². The molecule has 0 saturated heterocycles. The Morgan fingerprint density at radius 2 is 1.62 bits per heavy atom. The fourth-order valence-electron chi connectivity index (χ4n) is 5.15. The summed E-state index contributed by atoms with van der Waals surface area (Å²) in [5.74, 6) is 0.836. The maximum Gasteiger partial charge on any atom is 0.140 e. The van der Waals surface area contributed by atoms with Crippen molar-refractivity contribution in [3.63, 3.8) is 0 Å². The predicted octanol–water partition coefficient (Wildman–Crippen LogP) is 8.02. The maximum atomic E-state index is 10.5. The minimum atomic E-state index is 0. The number of benzene rings is 4. The molecule has 1 aliphatic heterocycles. The Kier molecular flexibility index (Phi) is 6.07. The number of aromatic nitrogens is 2. The van der Waals surface area contributed by atoms with Gasteiger partial charge in [-0.3, -0.25) is 4.98 Å². The molecule has 0 bridgehead atoms. The van der Waals surface area contributed by atoms with Gasteiger partial charge in [0.2, 0.25) is 0 Å². The molecular weight excluding hydrogens is 663 g/mol. The molecular formula is C33H23N4OPt-. The number of anilines is 5. The van der Waals surface area contributed by atoms with Crippen molar-refractivity contribution in [2.45, 2.75) is 0 Å². The van der Waals surface area contributed by atoms with Gasteiger partial charge in [-0.2, -0.15) is 0 Å². The smallest absolute Gasteiger partial charge is 0.140 e. The van der Waals surface area contributed by atoms with Crippen molar-refractivity contribution in [2.75, 3.05) is 16.8 Å². The van der Waals surface area contributed by atoms with Crippen LogP contribution in [0.25, 0.3) is 33.3 Å². The number of pyridine rings is 2. The minimum absolute atomic E-state index is 0. The van der Waals surface area contributed by atoms with Crippen molar-refractivity contribution < 1.29 is 27.5 Å². The van der Waals surface area contributed by atoms with Gasteiger partial charge in [0.25, 0.3) is 0 Å². The van der Waals surface area contributed by atoms with E-state index in [9.17, 15) is 5.11 Å². The zero-order valence-corrected chi connectivity index (χ0v) is 23.2. The van der Waals surface area contributed by atoms with Crippen LogP contribution >= 0.6 is 0 Å². The summed E-state index contributed by atoms with van der Waals surface area (Å²) in [7, 11) is 2.08. The van der Waals surface area contributed by atoms with E-state index < -0.39 is 0 Å². The van der Waals surface area contributed by atoms with Gasteiger partial charge in [-0.05, 0) is 53.0 Å². The van der Waals surface area contributed by atoms with Crippen molar-refractivity contribution >= 4 is 39.5 Å². The molecule has 0 atom stereocenters. The quantitative estimate of drug-likeness (QED) is 0.191. The van der Waals surface area contributed by atoms with Gasteiger partial charge in [-0.1, -0.05) is 78.3 Å². The first-order valence-corrected chi connectivity index (χ1v) is 12.4. The Morgan fingerprint density at radius 3 is 2.41 bits per heavy atom. The third-order valence-electron chi connectivity index (χ3n) is 6.92. The predicted molar refractivity (Wildman–Crippen MR) is 154 cm³/mol. The minimum Gasteiger partial charge on any atom is -0.506 e. The molecule has 192 valence electrons. The molecule has 6 aromatic rings. The van der Waals surface area contributed by atoms with Crippen LogP contribution < -0.4 is 9.80 Å². The van der Waals surface area contributed by atoms with Crippen LogP contribution in [-0.4, -0.2) is 22.1 Å². The largest absolute Gasteiger partial charge is 0.506 e. The molecule has 7 rings (SSSR count). The van der Waals surface area contributed by atoms with Gasteiger partial charge in [-0.25, -0.2) is 4.98 Å². The molecule has 0 spiro atoms. The summed E-state index contributed by atoms with van der Waals surface area (Å²) in [6.45, 7) is 0. The molecule has 6 heteroatoms. The van der Waals surface area contributed by atoms with Gasteiger partial charge in [0.05, 0.1) is 12.7 Å². The zero-order valence-electron chi connectivity index (χ0n) is 21.9. The summed E-state index contributed by atoms with van der Waals surface area (Å²) in [5.41, 5.74) is 7.84. The van der Waals surface area contributed by atoms with E-state index in [1.807, 2.05) is 60.7 Å². The molecule has 0 saturated carbocycles. The van der Waals surface area contributed by atoms with Crippen LogP contribution in [0.1, 0.15) is 1.37 Å². The van der Waals surface area contributed by atoms with Gasteiger partial charge >= 0.3 is 0 Å². The van der Waals surface area contributed by atoms with Crippen LogP contribution in [0.4, 0.5) is 28.6 Å².